The second-order valence-electron chi connectivity index (χ2n) is 7.20. The molecule has 3 aromatic rings. The summed E-state index contributed by atoms with van der Waals surface area (Å²) in [5, 5.41) is 6.28. The SMILES string of the molecule is COc1ccc(C(=O)N/C(=C\c2ccc(-c3ccc(Cl)c(Cl)c3)o2)C(=O)NC(C)C)cc1. The third kappa shape index (κ3) is 5.93. The number of carbonyl (C=O) groups is 2. The molecule has 0 bridgehead atoms. The lowest BCUT2D eigenvalue weighted by Crippen LogP contribution is -2.38. The molecule has 0 spiro atoms. The highest BCUT2D eigenvalue weighted by Crippen LogP contribution is 2.30. The first kappa shape index (κ1) is 23.4. The minimum atomic E-state index is -0.436. The molecule has 0 aliphatic heterocycles. The van der Waals surface area contributed by atoms with Gasteiger partial charge in [0.2, 0.25) is 0 Å². The van der Waals surface area contributed by atoms with Gasteiger partial charge in [-0.15, -0.1) is 0 Å². The summed E-state index contributed by atoms with van der Waals surface area (Å²) in [4.78, 5) is 25.4. The van der Waals surface area contributed by atoms with Crippen molar-refractivity contribution in [1.29, 1.82) is 0 Å². The summed E-state index contributed by atoms with van der Waals surface area (Å²) in [5.74, 6) is 0.679. The Kier molecular flexibility index (Phi) is 7.62. The van der Waals surface area contributed by atoms with Crippen LogP contribution < -0.4 is 15.4 Å². The molecule has 0 saturated heterocycles. The van der Waals surface area contributed by atoms with Crippen molar-refractivity contribution in [2.45, 2.75) is 19.9 Å². The number of furan rings is 1. The quantitative estimate of drug-likeness (QED) is 0.441. The van der Waals surface area contributed by atoms with Crippen LogP contribution in [-0.4, -0.2) is 25.0 Å². The molecule has 166 valence electrons. The molecule has 0 aliphatic rings. The van der Waals surface area contributed by atoms with Crippen molar-refractivity contribution in [3.63, 3.8) is 0 Å². The average Bonchev–Trinajstić information content (AvgIpc) is 3.23. The molecule has 6 nitrogen and oxygen atoms in total. The normalized spacial score (nSPS) is 11.4. The van der Waals surface area contributed by atoms with Gasteiger partial charge in [0.25, 0.3) is 11.8 Å². The number of amides is 2. The number of halogens is 2. The molecular weight excluding hydrogens is 451 g/mol. The Morgan fingerprint density at radius 2 is 1.72 bits per heavy atom. The van der Waals surface area contributed by atoms with E-state index in [0.29, 0.717) is 32.9 Å². The van der Waals surface area contributed by atoms with Crippen molar-refractivity contribution < 1.29 is 18.7 Å². The highest BCUT2D eigenvalue weighted by atomic mass is 35.5. The van der Waals surface area contributed by atoms with Gasteiger partial charge in [-0.3, -0.25) is 9.59 Å². The molecule has 2 N–H and O–H groups in total. The van der Waals surface area contributed by atoms with E-state index < -0.39 is 11.8 Å². The first-order valence-electron chi connectivity index (χ1n) is 9.80. The molecule has 0 unspecified atom stereocenters. The van der Waals surface area contributed by atoms with Crippen molar-refractivity contribution in [3.05, 3.63) is 81.7 Å². The van der Waals surface area contributed by atoms with Gasteiger partial charge in [-0.2, -0.15) is 0 Å². The maximum atomic E-state index is 12.7. The summed E-state index contributed by atoms with van der Waals surface area (Å²) in [7, 11) is 1.54. The fraction of sp³-hybridized carbons (Fsp3) is 0.167. The Morgan fingerprint density at radius 1 is 1.00 bits per heavy atom. The molecule has 0 aliphatic carbocycles. The number of hydrogen-bond acceptors (Lipinski definition) is 4. The number of carbonyl (C=O) groups excluding carboxylic acids is 2. The first-order valence-corrected chi connectivity index (χ1v) is 10.6. The maximum Gasteiger partial charge on any atom is 0.268 e. The summed E-state index contributed by atoms with van der Waals surface area (Å²) < 4.78 is 11.0. The fourth-order valence-corrected chi connectivity index (χ4v) is 3.11. The summed E-state index contributed by atoms with van der Waals surface area (Å²) in [5.41, 5.74) is 1.16. The summed E-state index contributed by atoms with van der Waals surface area (Å²) in [6.45, 7) is 3.66. The average molecular weight is 473 g/mol. The number of hydrogen-bond donors (Lipinski definition) is 2. The zero-order chi connectivity index (χ0) is 23.3. The molecular formula is C24H22Cl2N2O4. The van der Waals surface area contributed by atoms with Gasteiger partial charge >= 0.3 is 0 Å². The molecule has 0 saturated carbocycles. The molecule has 2 amide bonds. The monoisotopic (exact) mass is 472 g/mol. The zero-order valence-corrected chi connectivity index (χ0v) is 19.3. The summed E-state index contributed by atoms with van der Waals surface area (Å²) in [6.07, 6.45) is 1.47. The molecule has 0 fully saturated rings. The third-order valence-corrected chi connectivity index (χ3v) is 5.12. The highest BCUT2D eigenvalue weighted by molar-refractivity contribution is 6.42. The van der Waals surface area contributed by atoms with Gasteiger partial charge in [-0.05, 0) is 68.4 Å². The lowest BCUT2D eigenvalue weighted by molar-refractivity contribution is -0.118. The molecule has 32 heavy (non-hydrogen) atoms. The van der Waals surface area contributed by atoms with Crippen LogP contribution in [0.1, 0.15) is 30.0 Å². The molecule has 0 atom stereocenters. The van der Waals surface area contributed by atoms with Crippen LogP contribution in [0.25, 0.3) is 17.4 Å². The van der Waals surface area contributed by atoms with Gasteiger partial charge < -0.3 is 19.8 Å². The number of benzene rings is 2. The molecule has 3 rings (SSSR count). The van der Waals surface area contributed by atoms with Crippen LogP contribution in [0.15, 0.2) is 64.7 Å². The topological polar surface area (TPSA) is 80.6 Å². The van der Waals surface area contributed by atoms with Crippen LogP contribution >= 0.6 is 23.2 Å². The zero-order valence-electron chi connectivity index (χ0n) is 17.7. The van der Waals surface area contributed by atoms with Crippen LogP contribution in [0.4, 0.5) is 0 Å². The van der Waals surface area contributed by atoms with Crippen molar-refractivity contribution in [2.75, 3.05) is 7.11 Å². The standard InChI is InChI=1S/C24H22Cl2N2O4/c1-14(2)27-24(30)21(28-23(29)15-4-7-17(31-3)8-5-15)13-18-9-11-22(32-18)16-6-10-19(25)20(26)12-16/h4-14H,1-3H3,(H,27,30)(H,28,29)/b21-13-. The molecule has 8 heteroatoms. The molecule has 0 radical (unpaired) electrons. The Balaban J connectivity index is 1.87. The number of rotatable bonds is 7. The number of nitrogens with one attached hydrogen (secondary N) is 2. The number of ether oxygens (including phenoxy) is 1. The van der Waals surface area contributed by atoms with Crippen LogP contribution in [0.5, 0.6) is 5.75 Å². The smallest absolute Gasteiger partial charge is 0.268 e. The van der Waals surface area contributed by atoms with Gasteiger partial charge in [0, 0.05) is 23.2 Å². The van der Waals surface area contributed by atoms with Gasteiger partial charge in [-0.1, -0.05) is 23.2 Å². The van der Waals surface area contributed by atoms with E-state index in [4.69, 9.17) is 32.4 Å². The van der Waals surface area contributed by atoms with Gasteiger partial charge in [-0.25, -0.2) is 0 Å². The minimum absolute atomic E-state index is 0.0505. The fourth-order valence-electron chi connectivity index (χ4n) is 2.81. The van der Waals surface area contributed by atoms with E-state index in [2.05, 4.69) is 10.6 Å². The lowest BCUT2D eigenvalue weighted by Gasteiger charge is -2.13. The van der Waals surface area contributed by atoms with Crippen molar-refractivity contribution in [1.82, 2.24) is 10.6 Å². The predicted molar refractivity (Wildman–Crippen MR) is 126 cm³/mol. The van der Waals surface area contributed by atoms with Crippen molar-refractivity contribution in [2.24, 2.45) is 0 Å². The molecule has 2 aromatic carbocycles. The van der Waals surface area contributed by atoms with Gasteiger partial charge in [0.05, 0.1) is 17.2 Å². The second-order valence-corrected chi connectivity index (χ2v) is 8.01. The van der Waals surface area contributed by atoms with E-state index in [0.717, 1.165) is 5.56 Å². The third-order valence-electron chi connectivity index (χ3n) is 4.38. The van der Waals surface area contributed by atoms with E-state index in [1.54, 1.807) is 61.7 Å². The largest absolute Gasteiger partial charge is 0.497 e. The molecule has 1 aromatic heterocycles. The Morgan fingerprint density at radius 3 is 2.34 bits per heavy atom. The van der Waals surface area contributed by atoms with E-state index in [1.165, 1.54) is 6.08 Å². The van der Waals surface area contributed by atoms with Crippen LogP contribution in [0, 0.1) is 0 Å². The Hall–Kier alpha value is -3.22. The van der Waals surface area contributed by atoms with E-state index >= 15 is 0 Å². The predicted octanol–water partition coefficient (Wildman–Crippen LogP) is 5.56. The number of methoxy groups -OCH3 is 1. The summed E-state index contributed by atoms with van der Waals surface area (Å²) >= 11 is 12.1. The van der Waals surface area contributed by atoms with Crippen molar-refractivity contribution >= 4 is 41.1 Å². The maximum absolute atomic E-state index is 12.7. The van der Waals surface area contributed by atoms with E-state index in [9.17, 15) is 9.59 Å². The minimum Gasteiger partial charge on any atom is -0.497 e. The van der Waals surface area contributed by atoms with Crippen LogP contribution in [0.3, 0.4) is 0 Å². The second kappa shape index (κ2) is 10.4. The Bertz CT molecular complexity index is 1150. The highest BCUT2D eigenvalue weighted by Gasteiger charge is 2.17. The van der Waals surface area contributed by atoms with Crippen LogP contribution in [0.2, 0.25) is 10.0 Å². The van der Waals surface area contributed by atoms with E-state index in [1.807, 2.05) is 13.8 Å². The van der Waals surface area contributed by atoms with Crippen LogP contribution in [-0.2, 0) is 4.79 Å². The van der Waals surface area contributed by atoms with Crippen molar-refractivity contribution in [3.8, 4) is 17.1 Å². The Labute approximate surface area is 196 Å². The summed E-state index contributed by atoms with van der Waals surface area (Å²) in [6, 6.07) is 15.0. The first-order chi connectivity index (χ1) is 15.3. The van der Waals surface area contributed by atoms with Gasteiger partial charge in [0.1, 0.15) is 23.0 Å². The molecule has 1 heterocycles. The van der Waals surface area contributed by atoms with Gasteiger partial charge in [0.15, 0.2) is 0 Å². The van der Waals surface area contributed by atoms with E-state index in [-0.39, 0.29) is 11.7 Å². The lowest BCUT2D eigenvalue weighted by atomic mass is 10.2.